The molecule has 1 aliphatic carbocycles. The zero-order valence-corrected chi connectivity index (χ0v) is 14.7. The fourth-order valence-corrected chi connectivity index (χ4v) is 3.49. The van der Waals surface area contributed by atoms with E-state index in [1.54, 1.807) is 4.52 Å². The van der Waals surface area contributed by atoms with E-state index < -0.39 is 0 Å². The number of nitriles is 1. The minimum Gasteiger partial charge on any atom is -0.397 e. The van der Waals surface area contributed by atoms with Gasteiger partial charge in [-0.2, -0.15) is 15.5 Å². The maximum absolute atomic E-state index is 9.25. The third-order valence-electron chi connectivity index (χ3n) is 5.29. The van der Waals surface area contributed by atoms with Crippen molar-refractivity contribution >= 4 is 11.2 Å². The van der Waals surface area contributed by atoms with Gasteiger partial charge < -0.3 is 5.73 Å². The van der Waals surface area contributed by atoms with E-state index in [9.17, 15) is 5.26 Å². The molecule has 132 valence electrons. The number of hydrogen-bond acceptors (Lipinski definition) is 4. The van der Waals surface area contributed by atoms with Crippen LogP contribution in [0.25, 0.3) is 27.8 Å². The van der Waals surface area contributed by atoms with Crippen molar-refractivity contribution in [3.8, 4) is 28.3 Å². The second-order valence-corrected chi connectivity index (χ2v) is 7.21. The summed E-state index contributed by atoms with van der Waals surface area (Å²) < 4.78 is 3.68. The molecule has 6 nitrogen and oxygen atoms in total. The molecular weight excluding hydrogens is 336 g/mol. The van der Waals surface area contributed by atoms with Crippen LogP contribution in [0, 0.1) is 16.7 Å². The molecule has 1 fully saturated rings. The topological polar surface area (TPSA) is 84.9 Å². The average molecular weight is 354 g/mol. The lowest BCUT2D eigenvalue weighted by atomic mass is 10.0. The second-order valence-electron chi connectivity index (χ2n) is 7.21. The number of nitrogen functional groups attached to an aromatic ring is 1. The molecule has 3 heterocycles. The fourth-order valence-electron chi connectivity index (χ4n) is 3.49. The zero-order valence-electron chi connectivity index (χ0n) is 14.7. The molecule has 27 heavy (non-hydrogen) atoms. The predicted octanol–water partition coefficient (Wildman–Crippen LogP) is 3.75. The first-order valence-electron chi connectivity index (χ1n) is 8.94. The summed E-state index contributed by atoms with van der Waals surface area (Å²) in [6.45, 7) is 0.670. The molecule has 4 aromatic rings. The van der Waals surface area contributed by atoms with Crippen molar-refractivity contribution in [2.75, 3.05) is 5.73 Å². The largest absolute Gasteiger partial charge is 0.397 e. The van der Waals surface area contributed by atoms with Gasteiger partial charge in [-0.1, -0.05) is 24.3 Å². The summed E-state index contributed by atoms with van der Waals surface area (Å²) in [5.41, 5.74) is 11.8. The second kappa shape index (κ2) is 5.71. The summed E-state index contributed by atoms with van der Waals surface area (Å²) >= 11 is 0. The lowest BCUT2D eigenvalue weighted by Gasteiger charge is -2.05. The van der Waals surface area contributed by atoms with Crippen LogP contribution in [0.15, 0.2) is 61.2 Å². The van der Waals surface area contributed by atoms with E-state index in [2.05, 4.69) is 40.5 Å². The van der Waals surface area contributed by atoms with Gasteiger partial charge in [0.2, 0.25) is 0 Å². The highest BCUT2D eigenvalue weighted by Gasteiger charge is 2.43. The molecule has 1 aliphatic rings. The van der Waals surface area contributed by atoms with Crippen LogP contribution in [-0.2, 0) is 6.54 Å². The van der Waals surface area contributed by atoms with E-state index in [1.165, 1.54) is 0 Å². The lowest BCUT2D eigenvalue weighted by molar-refractivity contribution is 0.486. The number of nitrogens with zero attached hydrogens (tertiary/aromatic N) is 5. The molecular formula is C21H18N6. The summed E-state index contributed by atoms with van der Waals surface area (Å²) in [6, 6.07) is 14.5. The summed E-state index contributed by atoms with van der Waals surface area (Å²) in [6.07, 6.45) is 9.55. The Morgan fingerprint density at radius 3 is 2.56 bits per heavy atom. The zero-order chi connectivity index (χ0) is 18.4. The van der Waals surface area contributed by atoms with Crippen molar-refractivity contribution in [2.24, 2.45) is 5.41 Å². The maximum atomic E-state index is 9.25. The molecule has 0 bridgehead atoms. The smallest absolute Gasteiger partial charge is 0.0969 e. The average Bonchev–Trinajstić information content (AvgIpc) is 3.10. The minimum atomic E-state index is -0.198. The van der Waals surface area contributed by atoms with Crippen molar-refractivity contribution in [1.82, 2.24) is 19.4 Å². The standard InChI is InChI=1S/C21H18N6/c22-13-21(7-8-21)14-26-12-17(10-24-26)15-3-5-16(6-4-15)18-11-25-27-9-1-2-19(23)20(18)27/h1-6,9-12H,7-8,14,23H2. The van der Waals surface area contributed by atoms with E-state index >= 15 is 0 Å². The van der Waals surface area contributed by atoms with Crippen LogP contribution in [0.4, 0.5) is 5.69 Å². The molecule has 0 amide bonds. The molecule has 0 aliphatic heterocycles. The van der Waals surface area contributed by atoms with Gasteiger partial charge in [-0.05, 0) is 36.1 Å². The Balaban J connectivity index is 1.44. The van der Waals surface area contributed by atoms with Crippen LogP contribution in [0.5, 0.6) is 0 Å². The molecule has 3 aromatic heterocycles. The molecule has 0 unspecified atom stereocenters. The number of rotatable bonds is 4. The monoisotopic (exact) mass is 354 g/mol. The highest BCUT2D eigenvalue weighted by atomic mass is 15.3. The van der Waals surface area contributed by atoms with Crippen molar-refractivity contribution < 1.29 is 0 Å². The first-order chi connectivity index (χ1) is 13.2. The highest BCUT2D eigenvalue weighted by Crippen LogP contribution is 2.46. The molecule has 0 spiro atoms. The van der Waals surface area contributed by atoms with Crippen LogP contribution in [0.2, 0.25) is 0 Å². The Morgan fingerprint density at radius 2 is 1.81 bits per heavy atom. The first-order valence-corrected chi connectivity index (χ1v) is 8.94. The van der Waals surface area contributed by atoms with Gasteiger partial charge in [0.25, 0.3) is 0 Å². The van der Waals surface area contributed by atoms with Crippen LogP contribution >= 0.6 is 0 Å². The van der Waals surface area contributed by atoms with E-state index in [1.807, 2.05) is 41.6 Å². The van der Waals surface area contributed by atoms with Crippen molar-refractivity contribution in [3.05, 3.63) is 61.2 Å². The van der Waals surface area contributed by atoms with Crippen LogP contribution in [-0.4, -0.2) is 19.4 Å². The van der Waals surface area contributed by atoms with Crippen LogP contribution in [0.1, 0.15) is 12.8 Å². The Hall–Kier alpha value is -3.59. The Labute approximate surface area is 156 Å². The normalized spacial score (nSPS) is 14.9. The van der Waals surface area contributed by atoms with Gasteiger partial charge in [-0.25, -0.2) is 4.52 Å². The highest BCUT2D eigenvalue weighted by molar-refractivity contribution is 5.88. The minimum absolute atomic E-state index is 0.198. The summed E-state index contributed by atoms with van der Waals surface area (Å²) in [5, 5.41) is 18.1. The SMILES string of the molecule is N#CC1(Cn2cc(-c3ccc(-c4cnn5cccc(N)c45)cc3)cn2)CC1. The number of hydrogen-bond donors (Lipinski definition) is 1. The van der Waals surface area contributed by atoms with E-state index in [-0.39, 0.29) is 5.41 Å². The van der Waals surface area contributed by atoms with Gasteiger partial charge in [-0.3, -0.25) is 4.68 Å². The summed E-state index contributed by atoms with van der Waals surface area (Å²) in [7, 11) is 0. The van der Waals surface area contributed by atoms with Gasteiger partial charge in [-0.15, -0.1) is 0 Å². The van der Waals surface area contributed by atoms with Crippen LogP contribution < -0.4 is 5.73 Å². The van der Waals surface area contributed by atoms with Crippen LogP contribution in [0.3, 0.4) is 0 Å². The van der Waals surface area contributed by atoms with Crippen molar-refractivity contribution in [3.63, 3.8) is 0 Å². The Kier molecular flexibility index (Phi) is 3.31. The van der Waals surface area contributed by atoms with Gasteiger partial charge in [0.1, 0.15) is 0 Å². The number of benzene rings is 1. The predicted molar refractivity (Wildman–Crippen MR) is 104 cm³/mol. The maximum Gasteiger partial charge on any atom is 0.0969 e. The summed E-state index contributed by atoms with van der Waals surface area (Å²) in [5.74, 6) is 0. The molecule has 5 rings (SSSR count). The Morgan fingerprint density at radius 1 is 1.04 bits per heavy atom. The molecule has 6 heteroatoms. The number of anilines is 1. The van der Waals surface area contributed by atoms with Crippen molar-refractivity contribution in [1.29, 1.82) is 5.26 Å². The van der Waals surface area contributed by atoms with Gasteiger partial charge in [0.15, 0.2) is 0 Å². The number of fused-ring (bicyclic) bond motifs is 1. The Bertz CT molecular complexity index is 1170. The third kappa shape index (κ3) is 2.64. The van der Waals surface area contributed by atoms with Gasteiger partial charge in [0.05, 0.1) is 41.6 Å². The lowest BCUT2D eigenvalue weighted by Crippen LogP contribution is -2.09. The molecule has 1 aromatic carbocycles. The number of aromatic nitrogens is 4. The summed E-state index contributed by atoms with van der Waals surface area (Å²) in [4.78, 5) is 0. The fraction of sp³-hybridized carbons (Fsp3) is 0.190. The van der Waals surface area contributed by atoms with E-state index in [4.69, 9.17) is 5.73 Å². The van der Waals surface area contributed by atoms with Crippen molar-refractivity contribution in [2.45, 2.75) is 19.4 Å². The third-order valence-corrected chi connectivity index (χ3v) is 5.29. The molecule has 0 atom stereocenters. The number of pyridine rings is 1. The quantitative estimate of drug-likeness (QED) is 0.605. The molecule has 0 saturated heterocycles. The number of nitrogens with two attached hydrogens (primary N) is 1. The molecule has 2 N–H and O–H groups in total. The molecule has 0 radical (unpaired) electrons. The van der Waals surface area contributed by atoms with Gasteiger partial charge >= 0.3 is 0 Å². The van der Waals surface area contributed by atoms with Gasteiger partial charge in [0, 0.05) is 23.5 Å². The first kappa shape index (κ1) is 15.6. The van der Waals surface area contributed by atoms with E-state index in [0.717, 1.165) is 40.6 Å². The van der Waals surface area contributed by atoms with E-state index in [0.29, 0.717) is 12.2 Å². The molecule has 1 saturated carbocycles.